The van der Waals surface area contributed by atoms with Crippen molar-refractivity contribution in [3.8, 4) is 0 Å². The van der Waals surface area contributed by atoms with E-state index in [1.54, 1.807) is 0 Å². The van der Waals surface area contributed by atoms with Gasteiger partial charge in [0.25, 0.3) is 52.6 Å². The first-order chi connectivity index (χ1) is 37.5. The van der Waals surface area contributed by atoms with Crippen LogP contribution < -0.4 is 0 Å². The second kappa shape index (κ2) is 22.1. The number of carbonyl (C=O) groups excluding carboxylic acids is 9. The molecular weight excluding hydrogens is 1040 g/mol. The zero-order chi connectivity index (χ0) is 57.0. The minimum absolute atomic E-state index is 0.159. The fraction of sp³-hybridized carbons (Fsp3) is 0.400. The second-order valence-electron chi connectivity index (χ2n) is 19.4. The monoisotopic (exact) mass is 1100 g/mol. The summed E-state index contributed by atoms with van der Waals surface area (Å²) < 4.78 is 65.7. The fourth-order valence-corrected chi connectivity index (χ4v) is 9.34. The van der Waals surface area contributed by atoms with Crippen LogP contribution in [0, 0.1) is 0 Å². The van der Waals surface area contributed by atoms with Crippen LogP contribution in [0.3, 0.4) is 0 Å². The molecule has 4 spiro atoms. The standard InChI is InChI=1S/C55H54O24/c1-5-22-50(3)68-38(56)32(39(57)69-50)16-10-7-12-18-34-42(60)72-52(73-43(34)61)24-28-54(29-25-52)76-46(64)36(47(65)77-54)20-14-9-15-21-37-48(66)78-55(79-49(37)67)30-26-53(27-31-55)74-44(62)35(45(63)75-53)19-13-8-11-17-33-40(58)70-51(4,23-6-2)71-41(33)59/h7-21,56,62,64H,5-6,22-31H2,1-4H3/b11-8+,12-7+,15-9+,16-10+,19-13+,20-14+,33-17?,34-18?,37-21?. The van der Waals surface area contributed by atoms with E-state index >= 15 is 0 Å². The summed E-state index contributed by atoms with van der Waals surface area (Å²) >= 11 is 0. The lowest BCUT2D eigenvalue weighted by Gasteiger charge is -2.46. The Morgan fingerprint density at radius 2 is 0.570 bits per heavy atom. The van der Waals surface area contributed by atoms with E-state index in [9.17, 15) is 58.5 Å². The van der Waals surface area contributed by atoms with Crippen LogP contribution >= 0.6 is 0 Å². The quantitative estimate of drug-likeness (QED) is 0.0590. The Kier molecular flexibility index (Phi) is 15.7. The second-order valence-corrected chi connectivity index (χ2v) is 19.4. The maximum atomic E-state index is 13.1. The smallest absolute Gasteiger partial charge is 0.348 e. The van der Waals surface area contributed by atoms with Crippen LogP contribution in [0.2, 0.25) is 0 Å². The summed E-state index contributed by atoms with van der Waals surface area (Å²) in [7, 11) is 0. The molecule has 0 amide bonds. The molecule has 3 N–H and O–H groups in total. The summed E-state index contributed by atoms with van der Waals surface area (Å²) in [5.41, 5.74) is -2.23. The molecule has 2 saturated carbocycles. The molecule has 1 unspecified atom stereocenters. The Labute approximate surface area is 449 Å². The number of ether oxygens (including phenoxy) is 12. The molecular formula is C55H54O24. The van der Waals surface area contributed by atoms with Crippen molar-refractivity contribution < 1.29 is 115 Å². The Bertz CT molecular complexity index is 2950. The summed E-state index contributed by atoms with van der Waals surface area (Å²) in [5, 5.41) is 31.7. The van der Waals surface area contributed by atoms with Crippen LogP contribution in [0.4, 0.5) is 0 Å². The van der Waals surface area contributed by atoms with Crippen LogP contribution in [0.25, 0.3) is 0 Å². The number of hydrogen-bond acceptors (Lipinski definition) is 24. The molecule has 0 aromatic heterocycles. The molecule has 24 nitrogen and oxygen atoms in total. The Morgan fingerprint density at radius 3 is 0.861 bits per heavy atom. The number of cyclic esters (lactones) is 3. The summed E-state index contributed by atoms with van der Waals surface area (Å²) in [6.07, 6.45) is 19.4. The molecule has 6 heterocycles. The van der Waals surface area contributed by atoms with E-state index in [0.717, 1.165) is 18.2 Å². The summed E-state index contributed by atoms with van der Waals surface area (Å²) in [6.45, 7) is 6.72. The molecule has 0 bridgehead atoms. The van der Waals surface area contributed by atoms with Gasteiger partial charge >= 0.3 is 53.7 Å². The Balaban J connectivity index is 0.788. The van der Waals surface area contributed by atoms with Gasteiger partial charge < -0.3 is 72.2 Å². The molecule has 79 heavy (non-hydrogen) atoms. The van der Waals surface area contributed by atoms with Crippen LogP contribution in [0.15, 0.2) is 142 Å². The number of aliphatic hydroxyl groups is 3. The number of rotatable bonds is 13. The van der Waals surface area contributed by atoms with E-state index in [-0.39, 0.29) is 73.7 Å². The minimum atomic E-state index is -1.73. The van der Waals surface area contributed by atoms with Gasteiger partial charge in [0.05, 0.1) is 0 Å². The van der Waals surface area contributed by atoms with Gasteiger partial charge in [-0.15, -0.1) is 0 Å². The number of esters is 9. The number of aliphatic hydroxyl groups excluding tert-OH is 3. The van der Waals surface area contributed by atoms with Crippen molar-refractivity contribution in [3.63, 3.8) is 0 Å². The molecule has 8 aliphatic rings. The molecule has 8 rings (SSSR count). The van der Waals surface area contributed by atoms with Gasteiger partial charge in [-0.05, 0) is 49.3 Å². The van der Waals surface area contributed by atoms with Gasteiger partial charge in [0.2, 0.25) is 0 Å². The fourth-order valence-electron chi connectivity index (χ4n) is 9.34. The maximum Gasteiger partial charge on any atom is 0.348 e. The highest BCUT2D eigenvalue weighted by atomic mass is 16.8. The maximum absolute atomic E-state index is 13.1. The largest absolute Gasteiger partial charge is 0.480 e. The van der Waals surface area contributed by atoms with Crippen molar-refractivity contribution in [1.29, 1.82) is 0 Å². The predicted octanol–water partition coefficient (Wildman–Crippen LogP) is 6.40. The van der Waals surface area contributed by atoms with Crippen LogP contribution in [0.1, 0.15) is 105 Å². The van der Waals surface area contributed by atoms with Gasteiger partial charge in [-0.25, -0.2) is 43.2 Å². The summed E-state index contributed by atoms with van der Waals surface area (Å²) in [6, 6.07) is 0. The average molecular weight is 1100 g/mol. The topological polar surface area (TPSA) is 325 Å². The first kappa shape index (κ1) is 56.1. The van der Waals surface area contributed by atoms with E-state index in [2.05, 4.69) is 0 Å². The van der Waals surface area contributed by atoms with E-state index in [4.69, 9.17) is 56.8 Å². The third-order valence-corrected chi connectivity index (χ3v) is 13.3. The van der Waals surface area contributed by atoms with E-state index < -0.39 is 117 Å². The predicted molar refractivity (Wildman–Crippen MR) is 261 cm³/mol. The van der Waals surface area contributed by atoms with Gasteiger partial charge in [-0.1, -0.05) is 68.5 Å². The van der Waals surface area contributed by atoms with Crippen LogP contribution in [-0.4, -0.2) is 104 Å². The highest BCUT2D eigenvalue weighted by Crippen LogP contribution is 2.48. The molecule has 418 valence electrons. The molecule has 0 radical (unpaired) electrons. The average Bonchev–Trinajstić information content (AvgIpc) is 3.37. The van der Waals surface area contributed by atoms with E-state index in [1.165, 1.54) is 86.8 Å². The van der Waals surface area contributed by atoms with Crippen molar-refractivity contribution in [2.24, 2.45) is 0 Å². The molecule has 2 aliphatic carbocycles. The normalized spacial score (nSPS) is 31.4. The zero-order valence-electron chi connectivity index (χ0n) is 43.1. The lowest BCUT2D eigenvalue weighted by molar-refractivity contribution is -0.297. The van der Waals surface area contributed by atoms with Gasteiger partial charge in [0.15, 0.2) is 0 Å². The molecule has 0 aromatic rings. The van der Waals surface area contributed by atoms with Crippen LogP contribution in [0.5, 0.6) is 0 Å². The third kappa shape index (κ3) is 12.2. The van der Waals surface area contributed by atoms with E-state index in [0.29, 0.717) is 25.7 Å². The number of carbonyl (C=O) groups is 9. The van der Waals surface area contributed by atoms with Gasteiger partial charge in [-0.3, -0.25) is 0 Å². The lowest BCUT2D eigenvalue weighted by Crippen LogP contribution is -2.54. The first-order valence-corrected chi connectivity index (χ1v) is 25.1. The highest BCUT2D eigenvalue weighted by Gasteiger charge is 2.58. The van der Waals surface area contributed by atoms with Gasteiger partial charge in [0.1, 0.15) is 33.4 Å². The number of allylic oxidation sites excluding steroid dienone is 12. The van der Waals surface area contributed by atoms with Crippen molar-refractivity contribution in [2.45, 2.75) is 139 Å². The zero-order valence-corrected chi connectivity index (χ0v) is 43.1. The van der Waals surface area contributed by atoms with Crippen molar-refractivity contribution >= 4 is 53.7 Å². The summed E-state index contributed by atoms with van der Waals surface area (Å²) in [5.74, 6) is -20.1. The van der Waals surface area contributed by atoms with Crippen molar-refractivity contribution in [3.05, 3.63) is 142 Å². The molecule has 1 atom stereocenters. The first-order valence-electron chi connectivity index (χ1n) is 25.1. The van der Waals surface area contributed by atoms with Crippen LogP contribution in [-0.2, 0) is 100.0 Å². The highest BCUT2D eigenvalue weighted by molar-refractivity contribution is 6.17. The molecule has 6 aliphatic heterocycles. The van der Waals surface area contributed by atoms with Gasteiger partial charge in [-0.2, -0.15) is 0 Å². The third-order valence-electron chi connectivity index (χ3n) is 13.3. The van der Waals surface area contributed by atoms with Crippen molar-refractivity contribution in [2.75, 3.05) is 0 Å². The van der Waals surface area contributed by atoms with Gasteiger partial charge in [0, 0.05) is 78.1 Å². The molecule has 3 saturated heterocycles. The van der Waals surface area contributed by atoms with E-state index in [1.807, 2.05) is 13.8 Å². The Hall–Kier alpha value is -9.09. The summed E-state index contributed by atoms with van der Waals surface area (Å²) in [4.78, 5) is 115. The lowest BCUT2D eigenvalue weighted by atomic mass is 9.87. The number of hydrogen-bond donors (Lipinski definition) is 3. The minimum Gasteiger partial charge on any atom is -0.480 e. The molecule has 24 heteroatoms. The Morgan fingerprint density at radius 1 is 0.329 bits per heavy atom. The molecule has 0 aromatic carbocycles. The van der Waals surface area contributed by atoms with Crippen molar-refractivity contribution in [1.82, 2.24) is 0 Å². The SMILES string of the molecule is CCCC1(C)OC(=O)C(=C/C=C/C=C/C2=C(O)OC3(CCC4(CC3)OC(=O)C(=C/C=C/C=C/C3=C(O)OC5(CCC6(CC5)OC(=O)C(=C/C=C/C=C/C5=C(O)OC(C)(CCC)OC5=O)C(=O)O6)OC3=O)C(=O)O4)OC2=O)C(=O)O1. The molecule has 5 fully saturated rings.